The van der Waals surface area contributed by atoms with Gasteiger partial charge in [0, 0.05) is 30.3 Å². The van der Waals surface area contributed by atoms with Crippen LogP contribution < -0.4 is 5.73 Å². The molecule has 1 aromatic heterocycles. The molecular weight excluding hydrogens is 281 g/mol. The lowest BCUT2D eigenvalue weighted by Gasteiger charge is -2.09. The minimum absolute atomic E-state index is 0.0989. The van der Waals surface area contributed by atoms with Gasteiger partial charge in [-0.25, -0.2) is 0 Å². The van der Waals surface area contributed by atoms with Crippen LogP contribution in [0.4, 0.5) is 13.2 Å². The molecule has 0 atom stereocenters. The van der Waals surface area contributed by atoms with E-state index < -0.39 is 12.8 Å². The van der Waals surface area contributed by atoms with E-state index in [0.29, 0.717) is 19.5 Å². The molecule has 1 heterocycles. The van der Waals surface area contributed by atoms with Crippen LogP contribution in [0.2, 0.25) is 0 Å². The summed E-state index contributed by atoms with van der Waals surface area (Å²) >= 11 is 0. The summed E-state index contributed by atoms with van der Waals surface area (Å²) in [4.78, 5) is 0. The van der Waals surface area contributed by atoms with Gasteiger partial charge in [-0.15, -0.1) is 0 Å². The molecule has 0 saturated carbocycles. The molecule has 0 aliphatic heterocycles. The number of rotatable bonds is 7. The molecule has 2 aromatic rings. The predicted molar refractivity (Wildman–Crippen MR) is 76.2 cm³/mol. The largest absolute Gasteiger partial charge is 0.411 e. The van der Waals surface area contributed by atoms with Gasteiger partial charge in [-0.05, 0) is 37.1 Å². The number of nitrogens with two attached hydrogens (primary N) is 1. The Morgan fingerprint density at radius 2 is 2.00 bits per heavy atom. The van der Waals surface area contributed by atoms with Crippen molar-refractivity contribution in [2.24, 2.45) is 5.73 Å². The highest BCUT2D eigenvalue weighted by atomic mass is 19.4. The first-order valence-electron chi connectivity index (χ1n) is 6.92. The van der Waals surface area contributed by atoms with Gasteiger partial charge in [-0.2, -0.15) is 13.2 Å². The summed E-state index contributed by atoms with van der Waals surface area (Å²) < 4.78 is 42.5. The normalized spacial score (nSPS) is 12.2. The fourth-order valence-corrected chi connectivity index (χ4v) is 2.38. The first-order valence-corrected chi connectivity index (χ1v) is 6.92. The Morgan fingerprint density at radius 1 is 1.19 bits per heavy atom. The number of alkyl halides is 3. The molecule has 2 N–H and O–H groups in total. The standard InChI is InChI=1S/C15H19F3N2O/c16-15(17,18)11-21-10-2-8-20-9-6-13-12(5-7-19)3-1-4-14(13)20/h1,3-4,6,9H,2,5,7-8,10-11,19H2. The summed E-state index contributed by atoms with van der Waals surface area (Å²) in [5, 5.41) is 1.15. The van der Waals surface area contributed by atoms with E-state index in [1.807, 2.05) is 35.0 Å². The highest BCUT2D eigenvalue weighted by Gasteiger charge is 2.27. The molecule has 0 radical (unpaired) electrons. The molecule has 2 rings (SSSR count). The highest BCUT2D eigenvalue weighted by Crippen LogP contribution is 2.21. The van der Waals surface area contributed by atoms with Gasteiger partial charge in [-0.3, -0.25) is 0 Å². The van der Waals surface area contributed by atoms with Crippen LogP contribution in [0.5, 0.6) is 0 Å². The van der Waals surface area contributed by atoms with Crippen molar-refractivity contribution in [3.05, 3.63) is 36.0 Å². The average Bonchev–Trinajstić information content (AvgIpc) is 2.82. The first-order chi connectivity index (χ1) is 10.0. The monoisotopic (exact) mass is 300 g/mol. The molecule has 0 aliphatic rings. The molecule has 0 unspecified atom stereocenters. The molecule has 3 nitrogen and oxygen atoms in total. The Hall–Kier alpha value is -1.53. The molecule has 0 fully saturated rings. The van der Waals surface area contributed by atoms with Crippen LogP contribution in [0.1, 0.15) is 12.0 Å². The Morgan fingerprint density at radius 3 is 2.71 bits per heavy atom. The molecule has 0 saturated heterocycles. The van der Waals surface area contributed by atoms with Crippen molar-refractivity contribution in [1.29, 1.82) is 0 Å². The van der Waals surface area contributed by atoms with Crippen LogP contribution in [0, 0.1) is 0 Å². The fourth-order valence-electron chi connectivity index (χ4n) is 2.38. The summed E-state index contributed by atoms with van der Waals surface area (Å²) in [6.45, 7) is 0.144. The van der Waals surface area contributed by atoms with E-state index in [1.54, 1.807) is 0 Å². The van der Waals surface area contributed by atoms with Gasteiger partial charge in [0.2, 0.25) is 0 Å². The molecule has 0 bridgehead atoms. The zero-order valence-corrected chi connectivity index (χ0v) is 11.7. The van der Waals surface area contributed by atoms with E-state index in [4.69, 9.17) is 5.73 Å². The molecular formula is C15H19F3N2O. The average molecular weight is 300 g/mol. The van der Waals surface area contributed by atoms with Crippen LogP contribution in [0.25, 0.3) is 10.9 Å². The fraction of sp³-hybridized carbons (Fsp3) is 0.467. The van der Waals surface area contributed by atoms with Gasteiger partial charge in [0.05, 0.1) is 0 Å². The van der Waals surface area contributed by atoms with E-state index in [1.165, 1.54) is 5.56 Å². The van der Waals surface area contributed by atoms with Crippen molar-refractivity contribution in [2.45, 2.75) is 25.6 Å². The first kappa shape index (κ1) is 15.9. The summed E-state index contributed by atoms with van der Waals surface area (Å²) in [6, 6.07) is 8.05. The quantitative estimate of drug-likeness (QED) is 0.798. The smallest absolute Gasteiger partial charge is 0.372 e. The third-order valence-electron chi connectivity index (χ3n) is 3.27. The number of aryl methyl sites for hydroxylation is 1. The number of hydrogen-bond acceptors (Lipinski definition) is 2. The molecule has 116 valence electrons. The number of aromatic nitrogens is 1. The van der Waals surface area contributed by atoms with Crippen LogP contribution >= 0.6 is 0 Å². The lowest BCUT2D eigenvalue weighted by atomic mass is 10.1. The number of hydrogen-bond donors (Lipinski definition) is 1. The minimum Gasteiger partial charge on any atom is -0.372 e. The van der Waals surface area contributed by atoms with E-state index in [0.717, 1.165) is 17.3 Å². The number of halogens is 3. The van der Waals surface area contributed by atoms with Gasteiger partial charge >= 0.3 is 6.18 Å². The second kappa shape index (κ2) is 6.95. The second-order valence-corrected chi connectivity index (χ2v) is 4.92. The zero-order valence-electron chi connectivity index (χ0n) is 11.7. The summed E-state index contributed by atoms with van der Waals surface area (Å²) in [5.74, 6) is 0. The van der Waals surface area contributed by atoms with E-state index in [2.05, 4.69) is 4.74 Å². The van der Waals surface area contributed by atoms with Crippen molar-refractivity contribution in [2.75, 3.05) is 19.8 Å². The van der Waals surface area contributed by atoms with Crippen molar-refractivity contribution in [3.63, 3.8) is 0 Å². The third kappa shape index (κ3) is 4.47. The third-order valence-corrected chi connectivity index (χ3v) is 3.27. The van der Waals surface area contributed by atoms with E-state index in [-0.39, 0.29) is 6.61 Å². The molecule has 0 aliphatic carbocycles. The molecule has 21 heavy (non-hydrogen) atoms. The lowest BCUT2D eigenvalue weighted by molar-refractivity contribution is -0.174. The van der Waals surface area contributed by atoms with Crippen LogP contribution in [-0.2, 0) is 17.7 Å². The Balaban J connectivity index is 1.92. The maximum absolute atomic E-state index is 11.9. The lowest BCUT2D eigenvalue weighted by Crippen LogP contribution is -2.17. The summed E-state index contributed by atoms with van der Waals surface area (Å²) in [5.41, 5.74) is 7.87. The van der Waals surface area contributed by atoms with Crippen molar-refractivity contribution >= 4 is 10.9 Å². The molecule has 0 amide bonds. The van der Waals surface area contributed by atoms with Crippen molar-refractivity contribution in [1.82, 2.24) is 4.57 Å². The van der Waals surface area contributed by atoms with Gasteiger partial charge in [-0.1, -0.05) is 12.1 Å². The van der Waals surface area contributed by atoms with Crippen LogP contribution in [-0.4, -0.2) is 30.5 Å². The van der Waals surface area contributed by atoms with Crippen LogP contribution in [0.15, 0.2) is 30.5 Å². The van der Waals surface area contributed by atoms with Gasteiger partial charge in [0.1, 0.15) is 6.61 Å². The second-order valence-electron chi connectivity index (χ2n) is 4.92. The van der Waals surface area contributed by atoms with Gasteiger partial charge < -0.3 is 15.0 Å². The maximum atomic E-state index is 11.9. The predicted octanol–water partition coefficient (Wildman–Crippen LogP) is 3.11. The maximum Gasteiger partial charge on any atom is 0.411 e. The Bertz CT molecular complexity index is 578. The van der Waals surface area contributed by atoms with Crippen molar-refractivity contribution in [3.8, 4) is 0 Å². The van der Waals surface area contributed by atoms with E-state index >= 15 is 0 Å². The highest BCUT2D eigenvalue weighted by molar-refractivity contribution is 5.83. The van der Waals surface area contributed by atoms with Gasteiger partial charge in [0.25, 0.3) is 0 Å². The van der Waals surface area contributed by atoms with E-state index in [9.17, 15) is 13.2 Å². The summed E-state index contributed by atoms with van der Waals surface area (Å²) in [6.07, 6.45) is -0.942. The summed E-state index contributed by atoms with van der Waals surface area (Å²) in [7, 11) is 0. The SMILES string of the molecule is NCCc1cccc2c1ccn2CCCOCC(F)(F)F. The topological polar surface area (TPSA) is 40.2 Å². The minimum atomic E-state index is -4.25. The Labute approximate surface area is 121 Å². The molecule has 0 spiro atoms. The Kier molecular flexibility index (Phi) is 5.25. The van der Waals surface area contributed by atoms with Gasteiger partial charge in [0.15, 0.2) is 0 Å². The number of ether oxygens (including phenoxy) is 1. The zero-order chi connectivity index (χ0) is 15.3. The number of benzene rings is 1. The number of nitrogens with zero attached hydrogens (tertiary/aromatic N) is 1. The van der Waals surface area contributed by atoms with Crippen molar-refractivity contribution < 1.29 is 17.9 Å². The molecule has 6 heteroatoms. The molecule has 1 aromatic carbocycles. The van der Waals surface area contributed by atoms with Crippen LogP contribution in [0.3, 0.4) is 0 Å². The number of fused-ring (bicyclic) bond motifs is 1.